The number of hydrogen-bond donors (Lipinski definition) is 0. The van der Waals surface area contributed by atoms with Crippen LogP contribution in [0.3, 0.4) is 0 Å². The molecule has 1 rings (SSSR count). The number of nitrogens with zero attached hydrogens (tertiary/aromatic N) is 1. The predicted octanol–water partition coefficient (Wildman–Crippen LogP) is 5.38. The van der Waals surface area contributed by atoms with Crippen molar-refractivity contribution < 1.29 is 14.4 Å². The first-order chi connectivity index (χ1) is 13.0. The van der Waals surface area contributed by atoms with Crippen LogP contribution < -0.4 is 0 Å². The van der Waals surface area contributed by atoms with Crippen molar-refractivity contribution in [1.29, 1.82) is 0 Å². The Labute approximate surface area is 170 Å². The second kappa shape index (κ2) is 14.2. The third-order valence-corrected chi connectivity index (χ3v) is 6.87. The maximum absolute atomic E-state index is 12.5. The molecule has 0 spiro atoms. The highest BCUT2D eigenvalue weighted by molar-refractivity contribution is 8.00. The van der Waals surface area contributed by atoms with E-state index in [1.165, 1.54) is 68.0 Å². The van der Waals surface area contributed by atoms with Gasteiger partial charge in [0.05, 0.1) is 5.25 Å². The van der Waals surface area contributed by atoms with E-state index in [9.17, 15) is 14.4 Å². The number of amides is 2. The molecular formula is C22H39NO3S. The zero-order valence-electron chi connectivity index (χ0n) is 17.6. The van der Waals surface area contributed by atoms with Gasteiger partial charge >= 0.3 is 0 Å². The fraction of sp³-hybridized carbons (Fsp3) is 0.864. The summed E-state index contributed by atoms with van der Waals surface area (Å²) < 4.78 is 0. The molecule has 156 valence electrons. The highest BCUT2D eigenvalue weighted by Crippen LogP contribution is 2.28. The molecule has 0 radical (unpaired) electrons. The number of Topliss-reactive ketones (excluding diaryl/α,β-unsaturated/α-hetero) is 1. The molecule has 2 amide bonds. The van der Waals surface area contributed by atoms with E-state index < -0.39 is 0 Å². The molecule has 2 atom stereocenters. The minimum atomic E-state index is -0.283. The topological polar surface area (TPSA) is 54.5 Å². The van der Waals surface area contributed by atoms with Gasteiger partial charge in [-0.3, -0.25) is 19.3 Å². The van der Waals surface area contributed by atoms with Crippen LogP contribution in [0, 0.1) is 5.92 Å². The highest BCUT2D eigenvalue weighted by Gasteiger charge is 2.38. The molecular weight excluding hydrogens is 358 g/mol. The monoisotopic (exact) mass is 397 g/mol. The summed E-state index contributed by atoms with van der Waals surface area (Å²) in [5.41, 5.74) is 0. The van der Waals surface area contributed by atoms with Gasteiger partial charge in [0.2, 0.25) is 11.8 Å². The standard InChI is InChI=1S/C22H39NO3S/c1-4-6-7-8-9-10-11-12-13-14-15-23-21(25)16-20(22(23)26)27-17-19(5-2)18(3)24/h19-20H,4-17H2,1-3H3/t19-,20?/m0/s1. The molecule has 0 aromatic carbocycles. The van der Waals surface area contributed by atoms with Gasteiger partial charge in [-0.15, -0.1) is 11.8 Å². The van der Waals surface area contributed by atoms with Crippen molar-refractivity contribution in [3.63, 3.8) is 0 Å². The van der Waals surface area contributed by atoms with Crippen LogP contribution in [0.2, 0.25) is 0 Å². The van der Waals surface area contributed by atoms with Gasteiger partial charge in [0.25, 0.3) is 0 Å². The van der Waals surface area contributed by atoms with Gasteiger partial charge in [-0.25, -0.2) is 0 Å². The molecule has 4 nitrogen and oxygen atoms in total. The van der Waals surface area contributed by atoms with Crippen LogP contribution >= 0.6 is 11.8 Å². The van der Waals surface area contributed by atoms with Crippen LogP contribution in [0.25, 0.3) is 0 Å². The molecule has 0 saturated carbocycles. The van der Waals surface area contributed by atoms with Gasteiger partial charge < -0.3 is 0 Å². The molecule has 1 aliphatic rings. The van der Waals surface area contributed by atoms with Crippen molar-refractivity contribution >= 4 is 29.4 Å². The predicted molar refractivity (Wildman–Crippen MR) is 114 cm³/mol. The Hall–Kier alpha value is -0.840. The fourth-order valence-electron chi connectivity index (χ4n) is 3.53. The third-order valence-electron chi connectivity index (χ3n) is 5.50. The van der Waals surface area contributed by atoms with Crippen LogP contribution in [0.5, 0.6) is 0 Å². The Morgan fingerprint density at radius 3 is 2.07 bits per heavy atom. The summed E-state index contributed by atoms with van der Waals surface area (Å²) in [5, 5.41) is -0.283. The lowest BCUT2D eigenvalue weighted by atomic mass is 10.1. The maximum Gasteiger partial charge on any atom is 0.242 e. The van der Waals surface area contributed by atoms with Gasteiger partial charge in [-0.1, -0.05) is 71.6 Å². The summed E-state index contributed by atoms with van der Waals surface area (Å²) in [6, 6.07) is 0. The van der Waals surface area contributed by atoms with E-state index in [0.717, 1.165) is 19.3 Å². The van der Waals surface area contributed by atoms with Crippen LogP contribution in [0.1, 0.15) is 97.8 Å². The maximum atomic E-state index is 12.5. The van der Waals surface area contributed by atoms with Crippen LogP contribution in [-0.4, -0.2) is 40.0 Å². The average Bonchev–Trinajstić information content (AvgIpc) is 2.90. The second-order valence-corrected chi connectivity index (χ2v) is 9.04. The lowest BCUT2D eigenvalue weighted by molar-refractivity contribution is -0.138. The van der Waals surface area contributed by atoms with Crippen LogP contribution in [0.4, 0.5) is 0 Å². The number of imide groups is 1. The summed E-state index contributed by atoms with van der Waals surface area (Å²) >= 11 is 1.49. The number of ketones is 1. The first kappa shape index (κ1) is 24.2. The number of carbonyl (C=O) groups is 3. The second-order valence-electron chi connectivity index (χ2n) is 7.81. The highest BCUT2D eigenvalue weighted by atomic mass is 32.2. The molecule has 0 aliphatic carbocycles. The molecule has 0 aromatic heterocycles. The summed E-state index contributed by atoms with van der Waals surface area (Å²) in [6.45, 7) is 6.40. The van der Waals surface area contributed by atoms with Gasteiger partial charge in [-0.2, -0.15) is 0 Å². The number of rotatable bonds is 16. The molecule has 0 aromatic rings. The molecule has 1 unspecified atom stereocenters. The minimum absolute atomic E-state index is 0.00563. The minimum Gasteiger partial charge on any atom is -0.300 e. The average molecular weight is 398 g/mol. The van der Waals surface area contributed by atoms with E-state index in [1.807, 2.05) is 6.92 Å². The fourth-order valence-corrected chi connectivity index (χ4v) is 5.00. The van der Waals surface area contributed by atoms with Crippen LogP contribution in [0.15, 0.2) is 0 Å². The van der Waals surface area contributed by atoms with Gasteiger partial charge in [0.1, 0.15) is 5.78 Å². The van der Waals surface area contributed by atoms with E-state index in [1.54, 1.807) is 6.92 Å². The molecule has 1 fully saturated rings. The van der Waals surface area contributed by atoms with Gasteiger partial charge in [0.15, 0.2) is 0 Å². The molecule has 5 heteroatoms. The van der Waals surface area contributed by atoms with Crippen molar-refractivity contribution in [1.82, 2.24) is 4.90 Å². The molecule has 1 aliphatic heterocycles. The summed E-state index contributed by atoms with van der Waals surface area (Å²) in [4.78, 5) is 37.6. The Morgan fingerprint density at radius 1 is 1.00 bits per heavy atom. The molecule has 0 bridgehead atoms. The molecule has 1 heterocycles. The Kier molecular flexibility index (Phi) is 12.7. The number of likely N-dealkylation sites (tertiary alicyclic amines) is 1. The van der Waals surface area contributed by atoms with E-state index in [2.05, 4.69) is 6.92 Å². The first-order valence-electron chi connectivity index (χ1n) is 11.0. The number of carbonyl (C=O) groups excluding carboxylic acids is 3. The largest absolute Gasteiger partial charge is 0.300 e. The summed E-state index contributed by atoms with van der Waals surface area (Å²) in [5.74, 6) is 0.725. The summed E-state index contributed by atoms with van der Waals surface area (Å²) in [6.07, 6.45) is 13.5. The number of thioether (sulfide) groups is 1. The van der Waals surface area contributed by atoms with E-state index >= 15 is 0 Å². The van der Waals surface area contributed by atoms with E-state index in [0.29, 0.717) is 18.7 Å². The molecule has 0 N–H and O–H groups in total. The first-order valence-corrected chi connectivity index (χ1v) is 12.0. The normalized spacial score (nSPS) is 18.3. The zero-order valence-corrected chi connectivity index (χ0v) is 18.5. The van der Waals surface area contributed by atoms with Crippen LogP contribution in [-0.2, 0) is 14.4 Å². The molecule has 1 saturated heterocycles. The third kappa shape index (κ3) is 9.27. The SMILES string of the molecule is CCCCCCCCCCCCN1C(=O)CC(SC[C@H](CC)C(C)=O)C1=O. The van der Waals surface area contributed by atoms with Gasteiger partial charge in [-0.05, 0) is 19.8 Å². The summed E-state index contributed by atoms with van der Waals surface area (Å²) in [7, 11) is 0. The Morgan fingerprint density at radius 2 is 1.56 bits per heavy atom. The smallest absolute Gasteiger partial charge is 0.242 e. The van der Waals surface area contributed by atoms with Crippen molar-refractivity contribution in [2.45, 2.75) is 103 Å². The number of unbranched alkanes of at least 4 members (excludes halogenated alkanes) is 9. The van der Waals surface area contributed by atoms with Crippen molar-refractivity contribution in [3.8, 4) is 0 Å². The van der Waals surface area contributed by atoms with E-state index in [-0.39, 0.29) is 28.8 Å². The van der Waals surface area contributed by atoms with E-state index in [4.69, 9.17) is 0 Å². The lowest BCUT2D eigenvalue weighted by Gasteiger charge is -2.16. The van der Waals surface area contributed by atoms with Crippen molar-refractivity contribution in [3.05, 3.63) is 0 Å². The lowest BCUT2D eigenvalue weighted by Crippen LogP contribution is -2.32. The van der Waals surface area contributed by atoms with Crippen molar-refractivity contribution in [2.24, 2.45) is 5.92 Å². The Bertz CT molecular complexity index is 466. The molecule has 27 heavy (non-hydrogen) atoms. The zero-order chi connectivity index (χ0) is 20.1. The Balaban J connectivity index is 2.16. The van der Waals surface area contributed by atoms with Crippen molar-refractivity contribution in [2.75, 3.05) is 12.3 Å². The van der Waals surface area contributed by atoms with Gasteiger partial charge in [0, 0.05) is 24.6 Å². The number of hydrogen-bond acceptors (Lipinski definition) is 4. The quantitative estimate of drug-likeness (QED) is 0.259.